The Bertz CT molecular complexity index is 799. The van der Waals surface area contributed by atoms with E-state index >= 15 is 0 Å². The smallest absolute Gasteiger partial charge is 0.289 e. The first-order valence-electron chi connectivity index (χ1n) is 7.18. The molecule has 0 unspecified atom stereocenters. The third-order valence-electron chi connectivity index (χ3n) is 3.13. The van der Waals surface area contributed by atoms with Gasteiger partial charge in [-0.25, -0.2) is 0 Å². The average Bonchev–Trinajstić information content (AvgIpc) is 2.54. The Balaban J connectivity index is 1.81. The normalized spacial score (nSPS) is 10.4. The Hall–Kier alpha value is -2.02. The summed E-state index contributed by atoms with van der Waals surface area (Å²) in [6.07, 6.45) is 0.627. The minimum atomic E-state index is -0.609. The van der Waals surface area contributed by atoms with Crippen molar-refractivity contribution < 1.29 is 14.5 Å². The highest BCUT2D eigenvalue weighted by atomic mass is 35.5. The van der Waals surface area contributed by atoms with E-state index in [1.54, 1.807) is 18.2 Å². The second-order valence-corrected chi connectivity index (χ2v) is 6.25. The van der Waals surface area contributed by atoms with Crippen LogP contribution in [0.1, 0.15) is 12.8 Å². The molecule has 0 aliphatic rings. The van der Waals surface area contributed by atoms with Gasteiger partial charge in [-0.1, -0.05) is 34.8 Å². The van der Waals surface area contributed by atoms with Crippen molar-refractivity contribution in [3.8, 4) is 5.75 Å². The van der Waals surface area contributed by atoms with Gasteiger partial charge in [-0.05, 0) is 36.8 Å². The molecule has 0 saturated heterocycles. The topological polar surface area (TPSA) is 81.5 Å². The number of nitro groups is 1. The third kappa shape index (κ3) is 5.77. The number of nitrogens with one attached hydrogen (secondary N) is 1. The van der Waals surface area contributed by atoms with E-state index in [1.165, 1.54) is 18.2 Å². The maximum absolute atomic E-state index is 11.9. The van der Waals surface area contributed by atoms with Crippen LogP contribution >= 0.6 is 34.8 Å². The van der Waals surface area contributed by atoms with Crippen LogP contribution in [0.4, 0.5) is 11.4 Å². The molecular formula is C16H13Cl3N2O4. The number of anilines is 1. The molecule has 0 saturated carbocycles. The lowest BCUT2D eigenvalue weighted by Gasteiger charge is -2.09. The molecule has 1 N–H and O–H groups in total. The number of amides is 1. The maximum atomic E-state index is 11.9. The highest BCUT2D eigenvalue weighted by Gasteiger charge is 2.14. The highest BCUT2D eigenvalue weighted by molar-refractivity contribution is 6.35. The molecule has 0 heterocycles. The van der Waals surface area contributed by atoms with Crippen LogP contribution in [0.3, 0.4) is 0 Å². The molecule has 0 aliphatic heterocycles. The van der Waals surface area contributed by atoms with Crippen LogP contribution in [0.5, 0.6) is 5.75 Å². The second kappa shape index (κ2) is 8.89. The van der Waals surface area contributed by atoms with E-state index in [1.807, 2.05) is 0 Å². The van der Waals surface area contributed by atoms with Crippen molar-refractivity contribution in [2.24, 2.45) is 0 Å². The summed E-state index contributed by atoms with van der Waals surface area (Å²) in [6.45, 7) is 0.287. The van der Waals surface area contributed by atoms with Crippen molar-refractivity contribution in [1.29, 1.82) is 0 Å². The fourth-order valence-electron chi connectivity index (χ4n) is 1.96. The molecule has 0 aliphatic carbocycles. The Labute approximate surface area is 158 Å². The van der Waals surface area contributed by atoms with Crippen LogP contribution in [0.25, 0.3) is 0 Å². The van der Waals surface area contributed by atoms with Crippen LogP contribution in [-0.2, 0) is 4.79 Å². The number of rotatable bonds is 7. The monoisotopic (exact) mass is 402 g/mol. The Morgan fingerprint density at radius 3 is 2.56 bits per heavy atom. The minimum absolute atomic E-state index is 0.0104. The number of hydrogen-bond acceptors (Lipinski definition) is 4. The van der Waals surface area contributed by atoms with Gasteiger partial charge in [0.1, 0.15) is 10.8 Å². The van der Waals surface area contributed by atoms with Gasteiger partial charge in [-0.3, -0.25) is 14.9 Å². The summed E-state index contributed by atoms with van der Waals surface area (Å²) in [5.74, 6) is 0.197. The van der Waals surface area contributed by atoms with E-state index in [-0.39, 0.29) is 29.6 Å². The van der Waals surface area contributed by atoms with Crippen molar-refractivity contribution in [3.05, 3.63) is 61.6 Å². The van der Waals surface area contributed by atoms with Gasteiger partial charge in [0, 0.05) is 23.2 Å². The molecule has 2 rings (SSSR count). The molecule has 0 spiro atoms. The van der Waals surface area contributed by atoms with Crippen molar-refractivity contribution in [3.63, 3.8) is 0 Å². The summed E-state index contributed by atoms with van der Waals surface area (Å²) in [7, 11) is 0. The van der Waals surface area contributed by atoms with E-state index in [9.17, 15) is 14.9 Å². The lowest BCUT2D eigenvalue weighted by Crippen LogP contribution is -2.13. The zero-order valence-electron chi connectivity index (χ0n) is 12.8. The molecule has 0 fully saturated rings. The number of carbonyl (C=O) groups excluding carboxylic acids is 1. The maximum Gasteiger partial charge on any atom is 0.289 e. The average molecular weight is 404 g/mol. The lowest BCUT2D eigenvalue weighted by molar-refractivity contribution is -0.384. The van der Waals surface area contributed by atoms with Crippen LogP contribution in [0.15, 0.2) is 36.4 Å². The fourth-order valence-corrected chi connectivity index (χ4v) is 2.61. The summed E-state index contributed by atoms with van der Waals surface area (Å²) < 4.78 is 5.48. The zero-order chi connectivity index (χ0) is 18.4. The Morgan fingerprint density at radius 1 is 1.12 bits per heavy atom. The number of benzene rings is 2. The van der Waals surface area contributed by atoms with E-state index in [2.05, 4.69) is 5.32 Å². The van der Waals surface area contributed by atoms with Crippen LogP contribution in [0.2, 0.25) is 15.1 Å². The largest absolute Gasteiger partial charge is 0.492 e. The Kier molecular flexibility index (Phi) is 6.87. The molecule has 9 heteroatoms. The van der Waals surface area contributed by atoms with Gasteiger partial charge in [0.05, 0.1) is 16.6 Å². The number of carbonyl (C=O) groups is 1. The van der Waals surface area contributed by atoms with Gasteiger partial charge >= 0.3 is 0 Å². The van der Waals surface area contributed by atoms with Gasteiger partial charge in [-0.15, -0.1) is 0 Å². The number of halogens is 3. The summed E-state index contributed by atoms with van der Waals surface area (Å²) in [5.41, 5.74) is 0.0444. The Morgan fingerprint density at radius 2 is 1.88 bits per heavy atom. The molecule has 1 amide bonds. The molecule has 0 atom stereocenters. The highest BCUT2D eigenvalue weighted by Crippen LogP contribution is 2.28. The molecular weight excluding hydrogens is 391 g/mol. The summed E-state index contributed by atoms with van der Waals surface area (Å²) in [6, 6.07) is 8.95. The number of nitro benzene ring substituents is 1. The summed E-state index contributed by atoms with van der Waals surface area (Å²) in [5, 5.41) is 14.3. The summed E-state index contributed by atoms with van der Waals surface area (Å²) in [4.78, 5) is 22.1. The fraction of sp³-hybridized carbons (Fsp3) is 0.188. The van der Waals surface area contributed by atoms with Crippen molar-refractivity contribution >= 4 is 52.1 Å². The molecule has 0 radical (unpaired) electrons. The van der Waals surface area contributed by atoms with Crippen LogP contribution < -0.4 is 10.1 Å². The zero-order valence-corrected chi connectivity index (χ0v) is 15.1. The number of hydrogen-bond donors (Lipinski definition) is 1. The first kappa shape index (κ1) is 19.3. The second-order valence-electron chi connectivity index (χ2n) is 5.00. The minimum Gasteiger partial charge on any atom is -0.492 e. The van der Waals surface area contributed by atoms with Crippen molar-refractivity contribution in [2.45, 2.75) is 12.8 Å². The molecule has 2 aromatic carbocycles. The number of ether oxygens (including phenoxy) is 1. The third-order valence-corrected chi connectivity index (χ3v) is 3.98. The standard InChI is InChI=1S/C16H13Cl3N2O4/c17-10-3-6-15(13(19)8-10)25-7-1-2-16(22)20-11-4-5-12(18)14(9-11)21(23)24/h3-6,8-9H,1-2,7H2,(H,20,22). The predicted octanol–water partition coefficient (Wildman–Crippen LogP) is 5.35. The van der Waals surface area contributed by atoms with Gasteiger partial charge in [0.2, 0.25) is 5.91 Å². The van der Waals surface area contributed by atoms with E-state index in [0.717, 1.165) is 0 Å². The lowest BCUT2D eigenvalue weighted by atomic mass is 10.2. The van der Waals surface area contributed by atoms with Crippen LogP contribution in [0, 0.1) is 10.1 Å². The van der Waals surface area contributed by atoms with E-state index in [0.29, 0.717) is 27.9 Å². The summed E-state index contributed by atoms with van der Waals surface area (Å²) >= 11 is 17.5. The van der Waals surface area contributed by atoms with E-state index in [4.69, 9.17) is 39.5 Å². The van der Waals surface area contributed by atoms with Crippen molar-refractivity contribution in [1.82, 2.24) is 0 Å². The van der Waals surface area contributed by atoms with Gasteiger partial charge < -0.3 is 10.1 Å². The van der Waals surface area contributed by atoms with Crippen LogP contribution in [-0.4, -0.2) is 17.4 Å². The van der Waals surface area contributed by atoms with E-state index < -0.39 is 4.92 Å². The number of nitrogens with zero attached hydrogens (tertiary/aromatic N) is 1. The first-order valence-corrected chi connectivity index (χ1v) is 8.32. The van der Waals surface area contributed by atoms with Gasteiger partial charge in [0.25, 0.3) is 5.69 Å². The molecule has 132 valence electrons. The van der Waals surface area contributed by atoms with Crippen molar-refractivity contribution in [2.75, 3.05) is 11.9 Å². The molecule has 0 aromatic heterocycles. The molecule has 25 heavy (non-hydrogen) atoms. The molecule has 2 aromatic rings. The first-order chi connectivity index (χ1) is 11.9. The SMILES string of the molecule is O=C(CCCOc1ccc(Cl)cc1Cl)Nc1ccc(Cl)c([N+](=O)[O-])c1. The predicted molar refractivity (Wildman–Crippen MR) is 97.9 cm³/mol. The van der Waals surface area contributed by atoms with Gasteiger partial charge in [-0.2, -0.15) is 0 Å². The quantitative estimate of drug-likeness (QED) is 0.384. The molecule has 6 nitrogen and oxygen atoms in total. The van der Waals surface area contributed by atoms with Gasteiger partial charge in [0.15, 0.2) is 0 Å². The molecule has 0 bridgehead atoms.